The van der Waals surface area contributed by atoms with Crippen LogP contribution in [0.15, 0.2) is 43.3 Å². The van der Waals surface area contributed by atoms with Gasteiger partial charge in [-0.2, -0.15) is 0 Å². The normalized spacial score (nSPS) is 17.7. The third-order valence-electron chi connectivity index (χ3n) is 6.10. The lowest BCUT2D eigenvalue weighted by Gasteiger charge is -2.16. The van der Waals surface area contributed by atoms with E-state index in [0.717, 1.165) is 17.4 Å². The lowest BCUT2D eigenvalue weighted by Crippen LogP contribution is -2.41. The third-order valence-corrected chi connectivity index (χ3v) is 7.67. The first kappa shape index (κ1) is 21.1. The van der Waals surface area contributed by atoms with E-state index in [9.17, 15) is 22.4 Å². The molecule has 2 saturated carbocycles. The first-order valence-electron chi connectivity index (χ1n) is 10.5. The van der Waals surface area contributed by atoms with Crippen molar-refractivity contribution < 1.29 is 17.3 Å². The van der Waals surface area contributed by atoms with Crippen molar-refractivity contribution in [3.8, 4) is 0 Å². The lowest BCUT2D eigenvalue weighted by molar-refractivity contribution is 0.368. The third kappa shape index (κ3) is 3.79. The number of halogens is 1. The largest absolute Gasteiger partial charge is 0.359 e. The zero-order valence-electron chi connectivity index (χ0n) is 17.5. The predicted molar refractivity (Wildman–Crippen MR) is 114 cm³/mol. The highest BCUT2D eigenvalue weighted by atomic mass is 32.2. The molecular formula is C21H23FN4O5S. The molecule has 170 valence electrons. The summed E-state index contributed by atoms with van der Waals surface area (Å²) in [6.45, 7) is 1.28. The van der Waals surface area contributed by atoms with Crippen molar-refractivity contribution in [2.75, 3.05) is 6.67 Å². The van der Waals surface area contributed by atoms with Crippen LogP contribution in [0.1, 0.15) is 37.1 Å². The van der Waals surface area contributed by atoms with E-state index >= 15 is 0 Å². The van der Waals surface area contributed by atoms with Crippen LogP contribution in [0.2, 0.25) is 0 Å². The number of fused-ring (bicyclic) bond motifs is 1. The summed E-state index contributed by atoms with van der Waals surface area (Å²) in [5.74, 6) is 0.696. The summed E-state index contributed by atoms with van der Waals surface area (Å²) >= 11 is 0. The van der Waals surface area contributed by atoms with Crippen molar-refractivity contribution in [2.45, 2.75) is 56.1 Å². The quantitative estimate of drug-likeness (QED) is 0.545. The maximum atomic E-state index is 13.3. The smallest absolute Gasteiger partial charge is 0.331 e. The number of hydrogen-bond donors (Lipinski definition) is 1. The highest BCUT2D eigenvalue weighted by Gasteiger charge is 2.46. The Balaban J connectivity index is 1.65. The molecule has 2 aliphatic rings. The molecule has 0 unspecified atom stereocenters. The summed E-state index contributed by atoms with van der Waals surface area (Å²) in [5.41, 5.74) is -1.15. The van der Waals surface area contributed by atoms with Crippen molar-refractivity contribution in [2.24, 2.45) is 5.92 Å². The van der Waals surface area contributed by atoms with Crippen LogP contribution in [-0.2, 0) is 23.1 Å². The Bertz CT molecular complexity index is 1430. The van der Waals surface area contributed by atoms with E-state index in [1.54, 1.807) is 13.0 Å². The molecule has 32 heavy (non-hydrogen) atoms. The standard InChI is InChI=1S/C21H23FN4O5S/c1-13-8-15(31-23-13)11-26-19(27)17-9-16(32(29,30)24-21(12-22)6-7-21)4-5-18(17)25(20(26)28)10-14-2-3-14/h4-5,8-9,14,24H,2-3,6-7,10-12H2,1H3. The molecule has 3 aromatic rings. The lowest BCUT2D eigenvalue weighted by atomic mass is 10.2. The summed E-state index contributed by atoms with van der Waals surface area (Å²) in [5, 5.41) is 3.90. The van der Waals surface area contributed by atoms with E-state index in [4.69, 9.17) is 4.52 Å². The van der Waals surface area contributed by atoms with E-state index in [0.29, 0.717) is 42.3 Å². The molecule has 0 radical (unpaired) electrons. The number of nitrogens with one attached hydrogen (secondary N) is 1. The van der Waals surface area contributed by atoms with Crippen LogP contribution in [0.4, 0.5) is 4.39 Å². The zero-order valence-corrected chi connectivity index (χ0v) is 18.3. The molecule has 0 bridgehead atoms. The first-order chi connectivity index (χ1) is 15.2. The highest BCUT2D eigenvalue weighted by Crippen LogP contribution is 2.37. The monoisotopic (exact) mass is 462 g/mol. The molecule has 2 aromatic heterocycles. The van der Waals surface area contributed by atoms with E-state index in [2.05, 4.69) is 9.88 Å². The van der Waals surface area contributed by atoms with Crippen molar-refractivity contribution in [1.82, 2.24) is 19.0 Å². The summed E-state index contributed by atoms with van der Waals surface area (Å²) < 4.78 is 49.1. The highest BCUT2D eigenvalue weighted by molar-refractivity contribution is 7.89. The number of nitrogens with zero attached hydrogens (tertiary/aromatic N) is 3. The van der Waals surface area contributed by atoms with Crippen LogP contribution < -0.4 is 16.0 Å². The van der Waals surface area contributed by atoms with Gasteiger partial charge in [-0.05, 0) is 56.7 Å². The Hall–Kier alpha value is -2.79. The van der Waals surface area contributed by atoms with Gasteiger partial charge in [-0.3, -0.25) is 13.9 Å². The van der Waals surface area contributed by atoms with Crippen LogP contribution in [0.3, 0.4) is 0 Å². The first-order valence-corrected chi connectivity index (χ1v) is 12.0. The molecule has 0 amide bonds. The molecule has 0 saturated heterocycles. The zero-order chi connectivity index (χ0) is 22.7. The summed E-state index contributed by atoms with van der Waals surface area (Å²) in [4.78, 5) is 26.3. The van der Waals surface area contributed by atoms with Crippen molar-refractivity contribution in [3.63, 3.8) is 0 Å². The second-order valence-corrected chi connectivity index (χ2v) is 10.5. The molecule has 5 rings (SSSR count). The minimum atomic E-state index is -4.03. The minimum absolute atomic E-state index is 0.106. The Morgan fingerprint density at radius 2 is 1.97 bits per heavy atom. The SMILES string of the molecule is Cc1cc(Cn2c(=O)c3cc(S(=O)(=O)NC4(CF)CC4)ccc3n(CC3CC3)c2=O)on1. The molecule has 9 nitrogen and oxygen atoms in total. The summed E-state index contributed by atoms with van der Waals surface area (Å²) in [6.07, 6.45) is 2.85. The van der Waals surface area contributed by atoms with Gasteiger partial charge < -0.3 is 4.52 Å². The Labute approximate surface area is 182 Å². The van der Waals surface area contributed by atoms with Gasteiger partial charge in [-0.15, -0.1) is 0 Å². The number of aromatic nitrogens is 3. The van der Waals surface area contributed by atoms with Crippen LogP contribution >= 0.6 is 0 Å². The number of rotatable bonds is 8. The average molecular weight is 463 g/mol. The van der Waals surface area contributed by atoms with Gasteiger partial charge in [-0.25, -0.2) is 22.3 Å². The number of hydrogen-bond acceptors (Lipinski definition) is 6. The molecule has 0 atom stereocenters. The molecule has 1 N–H and O–H groups in total. The number of aryl methyl sites for hydroxylation is 1. The maximum absolute atomic E-state index is 13.3. The van der Waals surface area contributed by atoms with E-state index in [1.807, 2.05) is 0 Å². The van der Waals surface area contributed by atoms with Gasteiger partial charge in [-0.1, -0.05) is 5.16 Å². The van der Waals surface area contributed by atoms with Gasteiger partial charge in [0.1, 0.15) is 6.67 Å². The molecule has 2 fully saturated rings. The fraction of sp³-hybridized carbons (Fsp3) is 0.476. The molecule has 1 aromatic carbocycles. The van der Waals surface area contributed by atoms with Gasteiger partial charge >= 0.3 is 5.69 Å². The number of sulfonamides is 1. The topological polar surface area (TPSA) is 116 Å². The Kier molecular flexibility index (Phi) is 4.86. The van der Waals surface area contributed by atoms with Gasteiger partial charge in [0.2, 0.25) is 10.0 Å². The molecule has 11 heteroatoms. The average Bonchev–Trinajstić information content (AvgIpc) is 3.69. The van der Waals surface area contributed by atoms with Gasteiger partial charge in [0.15, 0.2) is 5.76 Å². The fourth-order valence-corrected chi connectivity index (χ4v) is 5.32. The second-order valence-electron chi connectivity index (χ2n) is 8.86. The maximum Gasteiger partial charge on any atom is 0.331 e. The summed E-state index contributed by atoms with van der Waals surface area (Å²) in [6, 6.07) is 5.73. The van der Waals surface area contributed by atoms with Gasteiger partial charge in [0.05, 0.1) is 33.6 Å². The van der Waals surface area contributed by atoms with Crippen molar-refractivity contribution in [1.29, 1.82) is 0 Å². The van der Waals surface area contributed by atoms with E-state index < -0.39 is 33.5 Å². The van der Waals surface area contributed by atoms with E-state index in [-0.39, 0.29) is 16.8 Å². The Morgan fingerprint density at radius 3 is 2.56 bits per heavy atom. The molecular weight excluding hydrogens is 439 g/mol. The number of benzene rings is 1. The van der Waals surface area contributed by atoms with E-state index in [1.165, 1.54) is 22.8 Å². The molecule has 2 aliphatic carbocycles. The van der Waals surface area contributed by atoms with Crippen LogP contribution in [0, 0.1) is 12.8 Å². The van der Waals surface area contributed by atoms with Crippen LogP contribution in [0.5, 0.6) is 0 Å². The molecule has 0 spiro atoms. The molecule has 2 heterocycles. The number of alkyl halides is 1. The van der Waals surface area contributed by atoms with Gasteiger partial charge in [0, 0.05) is 12.6 Å². The second kappa shape index (κ2) is 7.38. The van der Waals surface area contributed by atoms with Crippen LogP contribution in [0.25, 0.3) is 10.9 Å². The molecule has 0 aliphatic heterocycles. The predicted octanol–water partition coefficient (Wildman–Crippen LogP) is 1.70. The van der Waals surface area contributed by atoms with Gasteiger partial charge in [0.25, 0.3) is 5.56 Å². The fourth-order valence-electron chi connectivity index (χ4n) is 3.85. The van der Waals surface area contributed by atoms with Crippen LogP contribution in [-0.4, -0.2) is 34.9 Å². The van der Waals surface area contributed by atoms with Crippen molar-refractivity contribution in [3.05, 3.63) is 56.6 Å². The summed E-state index contributed by atoms with van der Waals surface area (Å²) in [7, 11) is -4.03. The Morgan fingerprint density at radius 1 is 1.22 bits per heavy atom. The van der Waals surface area contributed by atoms with Crippen molar-refractivity contribution >= 4 is 20.9 Å². The minimum Gasteiger partial charge on any atom is -0.359 e.